The highest BCUT2D eigenvalue weighted by molar-refractivity contribution is 7.98. The van der Waals surface area contributed by atoms with E-state index in [1.54, 1.807) is 23.0 Å². The first-order valence-corrected chi connectivity index (χ1v) is 12.1. The van der Waals surface area contributed by atoms with Crippen molar-refractivity contribution < 1.29 is 19.0 Å². The van der Waals surface area contributed by atoms with E-state index in [0.717, 1.165) is 35.7 Å². The number of hydrogen-bond acceptors (Lipinski definition) is 9. The number of amides is 1. The lowest BCUT2D eigenvalue weighted by Gasteiger charge is -2.28. The Labute approximate surface area is 196 Å². The van der Waals surface area contributed by atoms with Gasteiger partial charge >= 0.3 is 0 Å². The molecule has 1 N–H and O–H groups in total. The summed E-state index contributed by atoms with van der Waals surface area (Å²) in [7, 11) is 0. The van der Waals surface area contributed by atoms with Crippen molar-refractivity contribution in [3.8, 4) is 11.5 Å². The van der Waals surface area contributed by atoms with Crippen LogP contribution in [0.15, 0.2) is 35.6 Å². The average molecular weight is 473 g/mol. The number of carbonyl (C=O) groups excluding carboxylic acids is 1. The minimum atomic E-state index is -0.200. The van der Waals surface area contributed by atoms with E-state index in [-0.39, 0.29) is 12.5 Å². The van der Waals surface area contributed by atoms with Gasteiger partial charge < -0.3 is 24.4 Å². The Morgan fingerprint density at radius 1 is 1.15 bits per heavy atom. The zero-order chi connectivity index (χ0) is 23.0. The highest BCUT2D eigenvalue weighted by Gasteiger charge is 2.20. The summed E-state index contributed by atoms with van der Waals surface area (Å²) in [5.74, 6) is 2.06. The first-order chi connectivity index (χ1) is 16.2. The molecule has 0 bridgehead atoms. The van der Waals surface area contributed by atoms with Crippen LogP contribution in [0.2, 0.25) is 0 Å². The van der Waals surface area contributed by atoms with Crippen molar-refractivity contribution in [3.63, 3.8) is 0 Å². The highest BCUT2D eigenvalue weighted by Crippen LogP contribution is 2.27. The molecule has 0 spiro atoms. The lowest BCUT2D eigenvalue weighted by Crippen LogP contribution is -2.37. The maximum atomic E-state index is 12.2. The van der Waals surface area contributed by atoms with E-state index in [2.05, 4.69) is 20.3 Å². The fraction of sp³-hybridized carbons (Fsp3) is 0.455. The molecule has 1 aliphatic heterocycles. The highest BCUT2D eigenvalue weighted by atomic mass is 32.2. The number of fused-ring (bicyclic) bond motifs is 1. The Morgan fingerprint density at radius 3 is 2.58 bits per heavy atom. The number of benzene rings is 1. The number of thioether (sulfide) groups is 1. The molecule has 0 radical (unpaired) electrons. The van der Waals surface area contributed by atoms with Crippen molar-refractivity contribution in [2.24, 2.45) is 0 Å². The fourth-order valence-electron chi connectivity index (χ4n) is 3.49. The van der Waals surface area contributed by atoms with Crippen LogP contribution in [0.5, 0.6) is 11.5 Å². The Morgan fingerprint density at radius 2 is 1.88 bits per heavy atom. The number of anilines is 1. The van der Waals surface area contributed by atoms with Crippen LogP contribution < -0.4 is 19.7 Å². The standard InChI is InChI=1S/C22H28N6O4S/c1-3-31-16-4-6-17(7-5-16)32-15-19(29)23-8-9-28-21-18(14-24-28)20(25-22(26-21)33-2)27-10-12-30-13-11-27/h4-7,14H,3,8-13,15H2,1-2H3,(H,23,29). The van der Waals surface area contributed by atoms with Gasteiger partial charge in [-0.25, -0.2) is 14.6 Å². The summed E-state index contributed by atoms with van der Waals surface area (Å²) in [6, 6.07) is 7.19. The minimum Gasteiger partial charge on any atom is -0.494 e. The molecule has 0 unspecified atom stereocenters. The molecule has 1 aliphatic rings. The number of morpholine rings is 1. The van der Waals surface area contributed by atoms with E-state index in [0.29, 0.717) is 43.8 Å². The predicted molar refractivity (Wildman–Crippen MR) is 126 cm³/mol. The third-order valence-corrected chi connectivity index (χ3v) is 5.65. The largest absolute Gasteiger partial charge is 0.494 e. The summed E-state index contributed by atoms with van der Waals surface area (Å²) in [5, 5.41) is 8.96. The normalized spacial score (nSPS) is 13.8. The number of rotatable bonds is 10. The molecule has 2 aromatic heterocycles. The molecule has 10 nitrogen and oxygen atoms in total. The summed E-state index contributed by atoms with van der Waals surface area (Å²) in [6.45, 7) is 6.31. The van der Waals surface area contributed by atoms with Gasteiger partial charge in [0, 0.05) is 19.6 Å². The van der Waals surface area contributed by atoms with Gasteiger partial charge in [-0.3, -0.25) is 4.79 Å². The molecule has 1 saturated heterocycles. The quantitative estimate of drug-likeness (QED) is 0.350. The van der Waals surface area contributed by atoms with Crippen LogP contribution in [0.1, 0.15) is 6.92 Å². The van der Waals surface area contributed by atoms with Gasteiger partial charge in [-0.2, -0.15) is 5.10 Å². The third kappa shape index (κ3) is 5.85. The smallest absolute Gasteiger partial charge is 0.258 e. The second-order valence-corrected chi connectivity index (χ2v) is 8.05. The van der Waals surface area contributed by atoms with Gasteiger partial charge in [-0.15, -0.1) is 0 Å². The van der Waals surface area contributed by atoms with Gasteiger partial charge in [0.15, 0.2) is 17.4 Å². The number of ether oxygens (including phenoxy) is 3. The summed E-state index contributed by atoms with van der Waals surface area (Å²) >= 11 is 1.50. The van der Waals surface area contributed by atoms with Crippen LogP contribution in [0.3, 0.4) is 0 Å². The number of carbonyl (C=O) groups is 1. The second kappa shape index (κ2) is 11.2. The molecule has 3 aromatic rings. The van der Waals surface area contributed by atoms with Crippen LogP contribution in [0, 0.1) is 0 Å². The molecule has 0 aliphatic carbocycles. The maximum absolute atomic E-state index is 12.2. The summed E-state index contributed by atoms with van der Waals surface area (Å²) < 4.78 is 18.2. The lowest BCUT2D eigenvalue weighted by atomic mass is 10.3. The van der Waals surface area contributed by atoms with Crippen molar-refractivity contribution in [1.82, 2.24) is 25.1 Å². The molecule has 3 heterocycles. The minimum absolute atomic E-state index is 0.0617. The van der Waals surface area contributed by atoms with Crippen molar-refractivity contribution >= 4 is 34.5 Å². The molecule has 0 atom stereocenters. The monoisotopic (exact) mass is 472 g/mol. The van der Waals surface area contributed by atoms with Crippen LogP contribution in [0.25, 0.3) is 11.0 Å². The molecule has 4 rings (SSSR count). The van der Waals surface area contributed by atoms with Gasteiger partial charge in [0.05, 0.1) is 37.9 Å². The molecular weight excluding hydrogens is 444 g/mol. The van der Waals surface area contributed by atoms with E-state index in [1.165, 1.54) is 11.8 Å². The van der Waals surface area contributed by atoms with Crippen molar-refractivity contribution in [2.45, 2.75) is 18.6 Å². The van der Waals surface area contributed by atoms with E-state index >= 15 is 0 Å². The molecule has 1 amide bonds. The molecule has 11 heteroatoms. The van der Waals surface area contributed by atoms with E-state index in [9.17, 15) is 4.79 Å². The predicted octanol–water partition coefficient (Wildman–Crippen LogP) is 1.98. The van der Waals surface area contributed by atoms with E-state index in [4.69, 9.17) is 19.2 Å². The first-order valence-electron chi connectivity index (χ1n) is 10.9. The first kappa shape index (κ1) is 23.1. The molecule has 0 saturated carbocycles. The van der Waals surface area contributed by atoms with Gasteiger partial charge in [-0.1, -0.05) is 11.8 Å². The third-order valence-electron chi connectivity index (χ3n) is 5.10. The Bertz CT molecular complexity index is 1070. The fourth-order valence-corrected chi connectivity index (χ4v) is 3.85. The summed E-state index contributed by atoms with van der Waals surface area (Å²) in [4.78, 5) is 23.8. The zero-order valence-electron chi connectivity index (χ0n) is 18.8. The summed E-state index contributed by atoms with van der Waals surface area (Å²) in [5.41, 5.74) is 0.760. The number of hydrogen-bond donors (Lipinski definition) is 1. The van der Waals surface area contributed by atoms with Crippen molar-refractivity contribution in [1.29, 1.82) is 0 Å². The van der Waals surface area contributed by atoms with E-state index in [1.807, 2.05) is 25.3 Å². The Kier molecular flexibility index (Phi) is 7.84. The molecule has 176 valence electrons. The number of nitrogens with one attached hydrogen (secondary N) is 1. The maximum Gasteiger partial charge on any atom is 0.258 e. The molecule has 1 aromatic carbocycles. The van der Waals surface area contributed by atoms with Crippen LogP contribution in [0.4, 0.5) is 5.82 Å². The Hall–Kier alpha value is -3.05. The van der Waals surface area contributed by atoms with Crippen LogP contribution in [-0.2, 0) is 16.1 Å². The van der Waals surface area contributed by atoms with Crippen molar-refractivity contribution in [3.05, 3.63) is 30.5 Å². The average Bonchev–Trinajstić information content (AvgIpc) is 3.26. The molecule has 1 fully saturated rings. The topological polar surface area (TPSA) is 104 Å². The number of aromatic nitrogens is 4. The Balaban J connectivity index is 1.33. The van der Waals surface area contributed by atoms with Gasteiger partial charge in [0.25, 0.3) is 5.91 Å². The lowest BCUT2D eigenvalue weighted by molar-refractivity contribution is -0.123. The van der Waals surface area contributed by atoms with Gasteiger partial charge in [-0.05, 0) is 37.4 Å². The molecule has 33 heavy (non-hydrogen) atoms. The van der Waals surface area contributed by atoms with Crippen molar-refractivity contribution in [2.75, 3.05) is 57.2 Å². The SMILES string of the molecule is CCOc1ccc(OCC(=O)NCCn2ncc3c(N4CCOCC4)nc(SC)nc32)cc1. The van der Waals surface area contributed by atoms with Crippen LogP contribution in [-0.4, -0.2) is 78.0 Å². The van der Waals surface area contributed by atoms with Gasteiger partial charge in [0.2, 0.25) is 0 Å². The number of nitrogens with zero attached hydrogens (tertiary/aromatic N) is 5. The van der Waals surface area contributed by atoms with E-state index < -0.39 is 0 Å². The second-order valence-electron chi connectivity index (χ2n) is 7.28. The van der Waals surface area contributed by atoms with Gasteiger partial charge in [0.1, 0.15) is 17.3 Å². The molecular formula is C22H28N6O4S. The van der Waals surface area contributed by atoms with Crippen LogP contribution >= 0.6 is 11.8 Å². The summed E-state index contributed by atoms with van der Waals surface area (Å²) in [6.07, 6.45) is 3.75. The zero-order valence-corrected chi connectivity index (χ0v) is 19.6.